The number of nitrogens with zero attached hydrogens (tertiary/aromatic N) is 4. The fraction of sp³-hybridized carbons (Fsp3) is 0.588. The number of rotatable bonds is 2. The fourth-order valence-corrected chi connectivity index (χ4v) is 4.04. The van der Waals surface area contributed by atoms with E-state index in [0.29, 0.717) is 6.04 Å². The van der Waals surface area contributed by atoms with Crippen LogP contribution in [0.5, 0.6) is 0 Å². The van der Waals surface area contributed by atoms with Crippen LogP contribution in [0, 0.1) is 6.92 Å². The van der Waals surface area contributed by atoms with Gasteiger partial charge in [0.1, 0.15) is 5.82 Å². The van der Waals surface area contributed by atoms with Crippen molar-refractivity contribution >= 4 is 5.52 Å². The summed E-state index contributed by atoms with van der Waals surface area (Å²) in [6.07, 6.45) is 4.85. The largest absolute Gasteiger partial charge is 0.304 e. The molecule has 2 fully saturated rings. The van der Waals surface area contributed by atoms with Gasteiger partial charge < -0.3 is 4.40 Å². The van der Waals surface area contributed by atoms with Gasteiger partial charge in [-0.1, -0.05) is 6.07 Å². The van der Waals surface area contributed by atoms with Gasteiger partial charge in [-0.2, -0.15) is 0 Å². The van der Waals surface area contributed by atoms with Gasteiger partial charge in [-0.05, 0) is 45.4 Å². The minimum atomic E-state index is 0.625. The zero-order valence-corrected chi connectivity index (χ0v) is 13.0. The van der Waals surface area contributed by atoms with E-state index in [4.69, 9.17) is 4.98 Å². The summed E-state index contributed by atoms with van der Waals surface area (Å²) < 4.78 is 2.20. The van der Waals surface area contributed by atoms with Gasteiger partial charge in [-0.3, -0.25) is 9.80 Å². The second kappa shape index (κ2) is 5.11. The topological polar surface area (TPSA) is 23.8 Å². The minimum Gasteiger partial charge on any atom is -0.304 e. The van der Waals surface area contributed by atoms with E-state index in [1.54, 1.807) is 0 Å². The molecule has 2 aliphatic rings. The van der Waals surface area contributed by atoms with Crippen molar-refractivity contribution in [3.63, 3.8) is 0 Å². The predicted molar refractivity (Wildman–Crippen MR) is 84.4 cm³/mol. The number of hydrogen-bond acceptors (Lipinski definition) is 3. The molecule has 0 spiro atoms. The van der Waals surface area contributed by atoms with E-state index in [1.165, 1.54) is 43.7 Å². The molecule has 4 heteroatoms. The predicted octanol–water partition coefficient (Wildman–Crippen LogP) is 2.31. The van der Waals surface area contributed by atoms with E-state index in [1.807, 2.05) is 0 Å². The standard InChI is InChI=1S/C17H24N4/c1-13-10-19-8-5-6-15(19)11-20(13)12-16-17-7-3-4-9-21(17)14(2)18-16/h3-4,7,9,13,15H,5-6,8,10-12H2,1-2H3/t13-,15?/m1/s1. The van der Waals surface area contributed by atoms with E-state index in [-0.39, 0.29) is 0 Å². The highest BCUT2D eigenvalue weighted by Gasteiger charge is 2.34. The number of aromatic nitrogens is 2. The molecule has 2 aromatic rings. The Hall–Kier alpha value is -1.39. The lowest BCUT2D eigenvalue weighted by molar-refractivity contribution is 0.0535. The third kappa shape index (κ3) is 2.27. The van der Waals surface area contributed by atoms with Crippen LogP contribution >= 0.6 is 0 Å². The smallest absolute Gasteiger partial charge is 0.110 e. The van der Waals surface area contributed by atoms with Gasteiger partial charge in [0.15, 0.2) is 0 Å². The summed E-state index contributed by atoms with van der Waals surface area (Å²) in [6, 6.07) is 7.77. The van der Waals surface area contributed by atoms with Gasteiger partial charge in [-0.25, -0.2) is 4.98 Å². The van der Waals surface area contributed by atoms with Crippen molar-refractivity contribution in [2.75, 3.05) is 19.6 Å². The molecular weight excluding hydrogens is 260 g/mol. The maximum atomic E-state index is 4.81. The van der Waals surface area contributed by atoms with Gasteiger partial charge >= 0.3 is 0 Å². The van der Waals surface area contributed by atoms with Crippen LogP contribution in [-0.4, -0.2) is 50.9 Å². The Labute approximate surface area is 126 Å². The molecule has 2 saturated heterocycles. The van der Waals surface area contributed by atoms with Crippen molar-refractivity contribution in [2.24, 2.45) is 0 Å². The lowest BCUT2D eigenvalue weighted by Gasteiger charge is -2.42. The number of fused-ring (bicyclic) bond motifs is 2. The first-order valence-corrected chi connectivity index (χ1v) is 8.13. The Morgan fingerprint density at radius 2 is 2.19 bits per heavy atom. The average Bonchev–Trinajstić information content (AvgIpc) is 3.05. The molecule has 2 aliphatic heterocycles. The lowest BCUT2D eigenvalue weighted by atomic mass is 10.1. The number of pyridine rings is 1. The van der Waals surface area contributed by atoms with Crippen LogP contribution in [0.4, 0.5) is 0 Å². The van der Waals surface area contributed by atoms with Gasteiger partial charge in [0.25, 0.3) is 0 Å². The number of piperazine rings is 1. The summed E-state index contributed by atoms with van der Waals surface area (Å²) >= 11 is 0. The molecule has 2 aromatic heterocycles. The molecule has 0 saturated carbocycles. The molecule has 0 amide bonds. The van der Waals surface area contributed by atoms with Crippen LogP contribution in [0.3, 0.4) is 0 Å². The van der Waals surface area contributed by atoms with Crippen LogP contribution in [0.15, 0.2) is 24.4 Å². The van der Waals surface area contributed by atoms with Crippen LogP contribution < -0.4 is 0 Å². The third-order valence-corrected chi connectivity index (χ3v) is 5.22. The van der Waals surface area contributed by atoms with Crippen molar-refractivity contribution in [3.8, 4) is 0 Å². The van der Waals surface area contributed by atoms with Crippen molar-refractivity contribution in [2.45, 2.75) is 45.3 Å². The van der Waals surface area contributed by atoms with Crippen molar-refractivity contribution in [1.29, 1.82) is 0 Å². The maximum Gasteiger partial charge on any atom is 0.110 e. The summed E-state index contributed by atoms with van der Waals surface area (Å²) in [5.74, 6) is 1.09. The van der Waals surface area contributed by atoms with Crippen LogP contribution in [0.2, 0.25) is 0 Å². The van der Waals surface area contributed by atoms with E-state index in [0.717, 1.165) is 18.4 Å². The van der Waals surface area contributed by atoms with E-state index in [9.17, 15) is 0 Å². The van der Waals surface area contributed by atoms with Crippen molar-refractivity contribution < 1.29 is 0 Å². The molecule has 4 heterocycles. The first kappa shape index (κ1) is 13.3. The Morgan fingerprint density at radius 1 is 1.29 bits per heavy atom. The molecular formula is C17H24N4. The molecule has 1 unspecified atom stereocenters. The highest BCUT2D eigenvalue weighted by Crippen LogP contribution is 2.26. The molecule has 0 aromatic carbocycles. The van der Waals surface area contributed by atoms with Gasteiger partial charge in [-0.15, -0.1) is 0 Å². The Balaban J connectivity index is 1.59. The average molecular weight is 284 g/mol. The zero-order valence-electron chi connectivity index (χ0n) is 13.0. The molecule has 21 heavy (non-hydrogen) atoms. The van der Waals surface area contributed by atoms with Crippen LogP contribution in [0.1, 0.15) is 31.3 Å². The molecule has 0 N–H and O–H groups in total. The normalized spacial score (nSPS) is 27.3. The molecule has 2 atom stereocenters. The minimum absolute atomic E-state index is 0.625. The lowest BCUT2D eigenvalue weighted by Crippen LogP contribution is -2.54. The van der Waals surface area contributed by atoms with E-state index >= 15 is 0 Å². The molecule has 0 aliphatic carbocycles. The first-order valence-electron chi connectivity index (χ1n) is 8.13. The van der Waals surface area contributed by atoms with E-state index in [2.05, 4.69) is 52.4 Å². The van der Waals surface area contributed by atoms with Gasteiger partial charge in [0.2, 0.25) is 0 Å². The molecule has 4 nitrogen and oxygen atoms in total. The van der Waals surface area contributed by atoms with Gasteiger partial charge in [0, 0.05) is 37.9 Å². The Kier molecular flexibility index (Phi) is 3.23. The highest BCUT2D eigenvalue weighted by molar-refractivity contribution is 5.53. The highest BCUT2D eigenvalue weighted by atomic mass is 15.3. The number of aryl methyl sites for hydroxylation is 1. The summed E-state index contributed by atoms with van der Waals surface area (Å²) in [7, 11) is 0. The van der Waals surface area contributed by atoms with Crippen LogP contribution in [-0.2, 0) is 6.54 Å². The molecule has 112 valence electrons. The summed E-state index contributed by atoms with van der Waals surface area (Å²) in [6.45, 7) is 9.15. The second-order valence-corrected chi connectivity index (χ2v) is 6.63. The SMILES string of the molecule is Cc1nc(CN2CC3CCCN3C[C@H]2C)c2ccccn12. The fourth-order valence-electron chi connectivity index (χ4n) is 4.04. The molecule has 4 rings (SSSR count). The van der Waals surface area contributed by atoms with Crippen molar-refractivity contribution in [1.82, 2.24) is 19.2 Å². The molecule has 0 radical (unpaired) electrons. The number of imidazole rings is 1. The quantitative estimate of drug-likeness (QED) is 0.845. The molecule has 0 bridgehead atoms. The number of hydrogen-bond donors (Lipinski definition) is 0. The maximum absolute atomic E-state index is 4.81. The Bertz CT molecular complexity index is 647. The summed E-state index contributed by atoms with van der Waals surface area (Å²) in [5.41, 5.74) is 2.49. The summed E-state index contributed by atoms with van der Waals surface area (Å²) in [5, 5.41) is 0. The second-order valence-electron chi connectivity index (χ2n) is 6.63. The van der Waals surface area contributed by atoms with E-state index < -0.39 is 0 Å². The summed E-state index contributed by atoms with van der Waals surface area (Å²) in [4.78, 5) is 10.1. The van der Waals surface area contributed by atoms with Crippen molar-refractivity contribution in [3.05, 3.63) is 35.9 Å². The van der Waals surface area contributed by atoms with Crippen LogP contribution in [0.25, 0.3) is 5.52 Å². The zero-order chi connectivity index (χ0) is 14.4. The van der Waals surface area contributed by atoms with Gasteiger partial charge in [0.05, 0.1) is 11.2 Å². The third-order valence-electron chi connectivity index (χ3n) is 5.22. The Morgan fingerprint density at radius 3 is 3.10 bits per heavy atom. The first-order chi connectivity index (χ1) is 10.2. The monoisotopic (exact) mass is 284 g/mol.